The van der Waals surface area contributed by atoms with E-state index < -0.39 is 23.6 Å². The molecule has 72 heavy (non-hydrogen) atoms. The number of fused-ring (bicyclic) bond motifs is 2. The molecule has 1 fully saturated rings. The molecule has 9 rings (SSSR count). The summed E-state index contributed by atoms with van der Waals surface area (Å²) in [6.07, 6.45) is 8.48. The van der Waals surface area contributed by atoms with Gasteiger partial charge >= 0.3 is 0 Å². The van der Waals surface area contributed by atoms with Crippen LogP contribution in [-0.2, 0) is 22.7 Å². The molecule has 0 aromatic heterocycles. The summed E-state index contributed by atoms with van der Waals surface area (Å²) in [4.78, 5) is 23.5. The Morgan fingerprint density at radius 3 is 2.19 bits per heavy atom. The minimum absolute atomic E-state index is 0.0103. The predicted octanol–water partition coefficient (Wildman–Crippen LogP) is 12.3. The number of hydrogen-bond donors (Lipinski definition) is 2. The van der Waals surface area contributed by atoms with Gasteiger partial charge in [-0.25, -0.2) is 4.39 Å². The van der Waals surface area contributed by atoms with Crippen LogP contribution in [-0.4, -0.2) is 58.4 Å². The van der Waals surface area contributed by atoms with Gasteiger partial charge in [0, 0.05) is 43.2 Å². The van der Waals surface area contributed by atoms with Crippen molar-refractivity contribution < 1.29 is 38.4 Å². The van der Waals surface area contributed by atoms with Crippen molar-refractivity contribution in [2.24, 2.45) is 22.9 Å². The quantitative estimate of drug-likeness (QED) is 0.0414. The summed E-state index contributed by atoms with van der Waals surface area (Å²) in [6, 6.07) is 47.8. The summed E-state index contributed by atoms with van der Waals surface area (Å²) >= 11 is 0. The third kappa shape index (κ3) is 10.9. The zero-order valence-corrected chi connectivity index (χ0v) is 40.3. The lowest BCUT2D eigenvalue weighted by molar-refractivity contribution is -0.255. The van der Waals surface area contributed by atoms with Gasteiger partial charge in [0.05, 0.1) is 29.9 Å². The van der Waals surface area contributed by atoms with Crippen molar-refractivity contribution in [1.82, 2.24) is 4.90 Å². The highest BCUT2D eigenvalue weighted by atomic mass is 19.1. The van der Waals surface area contributed by atoms with Gasteiger partial charge < -0.3 is 34.2 Å². The van der Waals surface area contributed by atoms with E-state index in [1.54, 1.807) is 47.4 Å². The first-order valence-electron chi connectivity index (χ1n) is 25.0. The zero-order valence-electron chi connectivity index (χ0n) is 40.3. The van der Waals surface area contributed by atoms with Gasteiger partial charge in [-0.15, -0.1) is 6.58 Å². The summed E-state index contributed by atoms with van der Waals surface area (Å²) in [6.45, 7) is 4.53. The topological polar surface area (TPSA) is 134 Å². The molecule has 368 valence electrons. The van der Waals surface area contributed by atoms with Gasteiger partial charge in [-0.1, -0.05) is 115 Å². The van der Waals surface area contributed by atoms with E-state index in [0.717, 1.165) is 53.5 Å². The molecule has 1 heterocycles. The van der Waals surface area contributed by atoms with Crippen molar-refractivity contribution >= 4 is 11.6 Å². The third-order valence-electron chi connectivity index (χ3n) is 14.3. The Balaban J connectivity index is 1.23. The number of unbranched alkanes of at least 4 members (excludes halogenated alkanes) is 2. The molecule has 10 nitrogen and oxygen atoms in total. The number of carbonyl (C=O) groups is 1. The first kappa shape index (κ1) is 49.6. The van der Waals surface area contributed by atoms with Crippen LogP contribution in [0, 0.1) is 34.9 Å². The van der Waals surface area contributed by atoms with Crippen LogP contribution in [0.4, 0.5) is 4.39 Å². The maximum absolute atomic E-state index is 15.5. The second-order valence-corrected chi connectivity index (χ2v) is 18.8. The number of oxime groups is 1. The molecule has 1 saturated carbocycles. The second kappa shape index (κ2) is 23.2. The van der Waals surface area contributed by atoms with Gasteiger partial charge in [0.1, 0.15) is 35.7 Å². The maximum atomic E-state index is 15.5. The molecule has 6 aromatic rings. The monoisotopic (exact) mass is 965 g/mol. The smallest absolute Gasteiger partial charge is 0.254 e. The lowest BCUT2D eigenvalue weighted by Crippen LogP contribution is -2.70. The summed E-state index contributed by atoms with van der Waals surface area (Å²) in [5.74, 6) is -1.35. The third-order valence-corrected chi connectivity index (χ3v) is 14.3. The van der Waals surface area contributed by atoms with Crippen LogP contribution >= 0.6 is 0 Å². The number of aliphatic hydroxyl groups excluding tert-OH is 2. The normalized spacial score (nSPS) is 21.3. The first-order valence-corrected chi connectivity index (χ1v) is 25.0. The number of hydrogen-bond acceptors (Lipinski definition) is 9. The molecule has 0 radical (unpaired) electrons. The fraction of sp³-hybridized carbons (Fsp3) is 0.295. The number of allylic oxidation sites excluding steroid dienone is 1. The Kier molecular flexibility index (Phi) is 16.0. The van der Waals surface area contributed by atoms with E-state index in [4.69, 9.17) is 24.2 Å². The highest BCUT2D eigenvalue weighted by Crippen LogP contribution is 2.62. The van der Waals surface area contributed by atoms with E-state index in [2.05, 4.69) is 36.9 Å². The van der Waals surface area contributed by atoms with E-state index in [-0.39, 0.29) is 63.1 Å². The average molecular weight is 966 g/mol. The van der Waals surface area contributed by atoms with E-state index in [1.807, 2.05) is 84.9 Å². The Hall–Kier alpha value is -7.36. The standard InChI is InChI=1S/C61H60FN3O7/c1-2-35-69-61-57(65(40-43-21-27-49(62)28-22-43)60(68)47-23-19-42(39-63)20-24-47)38-55(64-70-41-44-13-5-3-6-14-44)53-36-48(17-9-11-33-66)52(18-10-12-34-67)58(59(53)61)54-37-51(31-32-56(54)72-61)71-50-29-25-46(26-30-50)45-15-7-4-8-16-45/h2-8,13-16,19-32,36-37,48,52,57-59,66-67H,1,9-12,17-18,33-35,38,40-41H2. The fourth-order valence-electron chi connectivity index (χ4n) is 10.9. The van der Waals surface area contributed by atoms with E-state index >= 15 is 4.79 Å². The Labute approximate surface area is 421 Å². The van der Waals surface area contributed by atoms with Gasteiger partial charge in [0.2, 0.25) is 5.79 Å². The molecule has 1 amide bonds. The van der Waals surface area contributed by atoms with E-state index in [9.17, 15) is 19.9 Å². The highest BCUT2D eigenvalue weighted by Gasteiger charge is 2.65. The van der Waals surface area contributed by atoms with Crippen LogP contribution in [0.5, 0.6) is 17.2 Å². The number of rotatable bonds is 21. The number of halogens is 1. The van der Waals surface area contributed by atoms with Crippen molar-refractivity contribution in [3.05, 3.63) is 210 Å². The summed E-state index contributed by atoms with van der Waals surface area (Å²) in [5, 5.41) is 34.9. The van der Waals surface area contributed by atoms with E-state index in [1.165, 1.54) is 12.1 Å². The summed E-state index contributed by atoms with van der Waals surface area (Å²) < 4.78 is 35.9. The number of benzene rings is 6. The van der Waals surface area contributed by atoms with Crippen LogP contribution in [0.1, 0.15) is 83.5 Å². The Morgan fingerprint density at radius 2 is 1.50 bits per heavy atom. The van der Waals surface area contributed by atoms with Crippen LogP contribution in [0.15, 0.2) is 181 Å². The molecule has 11 heteroatoms. The average Bonchev–Trinajstić information content (AvgIpc) is 3.42. The second-order valence-electron chi connectivity index (χ2n) is 18.8. The molecule has 3 aliphatic rings. The van der Waals surface area contributed by atoms with Crippen LogP contribution in [0.25, 0.3) is 11.1 Å². The van der Waals surface area contributed by atoms with Crippen molar-refractivity contribution in [2.75, 3.05) is 19.8 Å². The molecule has 6 atom stereocenters. The molecule has 2 N–H and O–H groups in total. The molecule has 6 aromatic carbocycles. The number of carbonyl (C=O) groups excluding carboxylic acids is 1. The minimum atomic E-state index is -1.56. The molecule has 0 saturated heterocycles. The molecular formula is C61H60FN3O7. The van der Waals surface area contributed by atoms with Crippen LogP contribution < -0.4 is 9.47 Å². The molecule has 6 unspecified atom stereocenters. The Bertz CT molecular complexity index is 2890. The molecule has 1 aliphatic heterocycles. The summed E-state index contributed by atoms with van der Waals surface area (Å²) in [5.41, 5.74) is 6.98. The molecule has 0 spiro atoms. The predicted molar refractivity (Wildman–Crippen MR) is 276 cm³/mol. The van der Waals surface area contributed by atoms with Crippen molar-refractivity contribution in [3.63, 3.8) is 0 Å². The van der Waals surface area contributed by atoms with Gasteiger partial charge in [-0.05, 0) is 132 Å². The van der Waals surface area contributed by atoms with Gasteiger partial charge in [0.15, 0.2) is 0 Å². The van der Waals surface area contributed by atoms with Crippen molar-refractivity contribution in [2.45, 2.75) is 75.8 Å². The minimum Gasteiger partial charge on any atom is -0.459 e. The zero-order chi connectivity index (χ0) is 49.9. The van der Waals surface area contributed by atoms with E-state index in [0.29, 0.717) is 52.5 Å². The summed E-state index contributed by atoms with van der Waals surface area (Å²) in [7, 11) is 0. The SMILES string of the molecule is C=CCOC12Oc3ccc(Oc4ccc(-c5ccccc5)cc4)cc3C3C(CCCCO)C(CCCCO)C=C(C(=NOCc4ccccc4)CC1N(Cc1ccc(F)cc1)C(=O)c1ccc(C#N)cc1)C32. The van der Waals surface area contributed by atoms with Crippen LogP contribution in [0.2, 0.25) is 0 Å². The lowest BCUT2D eigenvalue weighted by Gasteiger charge is -2.60. The molecule has 2 aliphatic carbocycles. The number of aliphatic hydroxyl groups is 2. The van der Waals surface area contributed by atoms with Crippen molar-refractivity contribution in [3.8, 4) is 34.4 Å². The van der Waals surface area contributed by atoms with Gasteiger partial charge in [-0.2, -0.15) is 5.26 Å². The number of nitriles is 1. The lowest BCUT2D eigenvalue weighted by atomic mass is 9.55. The van der Waals surface area contributed by atoms with Gasteiger partial charge in [0.25, 0.3) is 5.91 Å². The van der Waals surface area contributed by atoms with Gasteiger partial charge in [-0.3, -0.25) is 4.79 Å². The number of nitrogens with zero attached hydrogens (tertiary/aromatic N) is 3. The highest BCUT2D eigenvalue weighted by molar-refractivity contribution is 6.03. The largest absolute Gasteiger partial charge is 0.459 e. The maximum Gasteiger partial charge on any atom is 0.254 e. The number of amides is 1. The van der Waals surface area contributed by atoms with Crippen molar-refractivity contribution in [1.29, 1.82) is 5.26 Å². The molecule has 0 bridgehead atoms. The fourth-order valence-corrected chi connectivity index (χ4v) is 10.9. The van der Waals surface area contributed by atoms with Crippen LogP contribution in [0.3, 0.4) is 0 Å². The molecular weight excluding hydrogens is 906 g/mol. The Morgan fingerprint density at radius 1 is 0.819 bits per heavy atom. The first-order chi connectivity index (χ1) is 35.3. The number of ether oxygens (including phenoxy) is 3.